The van der Waals surface area contributed by atoms with Crippen LogP contribution in [-0.4, -0.2) is 55.1 Å². The Kier molecular flexibility index (Phi) is 8.85. The summed E-state index contributed by atoms with van der Waals surface area (Å²) in [7, 11) is 0. The quantitative estimate of drug-likeness (QED) is 0.280. The van der Waals surface area contributed by atoms with Crippen LogP contribution in [-0.2, 0) is 19.1 Å². The predicted octanol–water partition coefficient (Wildman–Crippen LogP) is 3.35. The van der Waals surface area contributed by atoms with Crippen LogP contribution in [0.3, 0.4) is 0 Å². The predicted molar refractivity (Wildman–Crippen MR) is 128 cm³/mol. The summed E-state index contributed by atoms with van der Waals surface area (Å²) >= 11 is 6.32. The number of nitrogens with one attached hydrogen (secondary N) is 2. The topological polar surface area (TPSA) is 123 Å². The van der Waals surface area contributed by atoms with Crippen molar-refractivity contribution in [1.82, 2.24) is 10.2 Å². The molecule has 1 aliphatic heterocycles. The zero-order valence-electron chi connectivity index (χ0n) is 19.4. The number of hydrogen-bond acceptors (Lipinski definition) is 7. The minimum atomic E-state index is -0.819. The van der Waals surface area contributed by atoms with Crippen molar-refractivity contribution in [1.29, 1.82) is 0 Å². The van der Waals surface area contributed by atoms with E-state index < -0.39 is 36.2 Å². The Labute approximate surface area is 210 Å². The van der Waals surface area contributed by atoms with Crippen LogP contribution in [0.25, 0.3) is 6.08 Å². The van der Waals surface area contributed by atoms with Crippen LogP contribution in [0.1, 0.15) is 19.4 Å². The molecule has 3 rings (SSSR count). The molecular weight excluding hydrogens is 497 g/mol. The molecule has 2 aromatic carbocycles. The largest absolute Gasteiger partial charge is 0.490 e. The fraction of sp³-hybridized carbons (Fsp3) is 0.250. The van der Waals surface area contributed by atoms with Gasteiger partial charge in [0.25, 0.3) is 5.91 Å². The fourth-order valence-corrected chi connectivity index (χ4v) is 3.46. The number of amides is 4. The maximum absolute atomic E-state index is 13.8. The summed E-state index contributed by atoms with van der Waals surface area (Å²) in [6.07, 6.45) is 1.35. The van der Waals surface area contributed by atoms with Crippen molar-refractivity contribution < 1.29 is 37.8 Å². The van der Waals surface area contributed by atoms with Crippen LogP contribution < -0.4 is 20.1 Å². The molecule has 36 heavy (non-hydrogen) atoms. The molecule has 10 nitrogen and oxygen atoms in total. The van der Waals surface area contributed by atoms with Gasteiger partial charge in [0.1, 0.15) is 18.1 Å². The molecule has 2 N–H and O–H groups in total. The highest BCUT2D eigenvalue weighted by Gasteiger charge is 2.35. The van der Waals surface area contributed by atoms with Crippen molar-refractivity contribution in [3.8, 4) is 11.5 Å². The summed E-state index contributed by atoms with van der Waals surface area (Å²) in [5.74, 6) is -2.43. The van der Waals surface area contributed by atoms with Crippen LogP contribution in [0.2, 0.25) is 5.02 Å². The van der Waals surface area contributed by atoms with E-state index >= 15 is 0 Å². The Morgan fingerprint density at radius 2 is 1.89 bits per heavy atom. The number of carbonyl (C=O) groups excluding carboxylic acids is 4. The number of urea groups is 1. The lowest BCUT2D eigenvalue weighted by atomic mass is 10.1. The van der Waals surface area contributed by atoms with E-state index in [1.165, 1.54) is 42.5 Å². The monoisotopic (exact) mass is 519 g/mol. The Balaban J connectivity index is 1.76. The molecule has 0 aliphatic carbocycles. The lowest BCUT2D eigenvalue weighted by Gasteiger charge is -2.14. The van der Waals surface area contributed by atoms with Gasteiger partial charge in [-0.05, 0) is 49.8 Å². The Bertz CT molecular complexity index is 1220. The maximum Gasteiger partial charge on any atom is 0.344 e. The lowest BCUT2D eigenvalue weighted by molar-refractivity contribution is -0.145. The third kappa shape index (κ3) is 6.51. The van der Waals surface area contributed by atoms with Crippen LogP contribution in [0.15, 0.2) is 42.1 Å². The molecule has 0 spiro atoms. The van der Waals surface area contributed by atoms with Crippen molar-refractivity contribution in [2.75, 3.05) is 31.7 Å². The molecule has 4 amide bonds. The van der Waals surface area contributed by atoms with Gasteiger partial charge >= 0.3 is 12.0 Å². The van der Waals surface area contributed by atoms with Crippen molar-refractivity contribution in [3.05, 3.63) is 58.5 Å². The van der Waals surface area contributed by atoms with Crippen molar-refractivity contribution in [3.63, 3.8) is 0 Å². The average Bonchev–Trinajstić information content (AvgIpc) is 3.07. The normalized spacial score (nSPS) is 14.0. The van der Waals surface area contributed by atoms with Crippen LogP contribution in [0, 0.1) is 5.82 Å². The summed E-state index contributed by atoms with van der Waals surface area (Å²) < 4.78 is 29.6. The van der Waals surface area contributed by atoms with Crippen LogP contribution in [0.5, 0.6) is 11.5 Å². The first-order chi connectivity index (χ1) is 17.2. The molecule has 1 heterocycles. The standard InChI is InChI=1S/C24H23ClFN3O7/c1-3-34-19-11-14(9-15(25)22(19)36-13-21(31)35-4-2)10-18-23(32)29(24(33)28-18)12-20(30)27-17-8-6-5-7-16(17)26/h5-11H,3-4,12-13H2,1-2H3,(H,27,30)(H,28,33)/b18-10+. The van der Waals surface area contributed by atoms with Gasteiger partial charge in [-0.2, -0.15) is 0 Å². The Hall–Kier alpha value is -4.12. The molecule has 0 aromatic heterocycles. The number of rotatable bonds is 10. The van der Waals surface area contributed by atoms with Crippen molar-refractivity contribution in [2.45, 2.75) is 13.8 Å². The molecule has 1 fully saturated rings. The molecule has 0 atom stereocenters. The first-order valence-electron chi connectivity index (χ1n) is 10.9. The van der Waals surface area contributed by atoms with Crippen molar-refractivity contribution >= 4 is 47.2 Å². The summed E-state index contributed by atoms with van der Waals surface area (Å²) in [6, 6.07) is 7.65. The third-order valence-corrected chi connectivity index (χ3v) is 4.98. The van der Waals surface area contributed by atoms with Gasteiger partial charge < -0.3 is 24.8 Å². The minimum absolute atomic E-state index is 0.0753. The lowest BCUT2D eigenvalue weighted by Crippen LogP contribution is -2.38. The number of benzene rings is 2. The second-order valence-corrected chi connectivity index (χ2v) is 7.67. The highest BCUT2D eigenvalue weighted by Crippen LogP contribution is 2.37. The smallest absolute Gasteiger partial charge is 0.344 e. The average molecular weight is 520 g/mol. The number of nitrogens with zero attached hydrogens (tertiary/aromatic N) is 1. The third-order valence-electron chi connectivity index (χ3n) is 4.69. The number of ether oxygens (including phenoxy) is 3. The molecule has 1 saturated heterocycles. The molecule has 0 bridgehead atoms. The number of halogens is 2. The molecular formula is C24H23ClFN3O7. The number of para-hydroxylation sites is 1. The van der Waals surface area contributed by atoms with Gasteiger partial charge in [0.05, 0.1) is 23.9 Å². The first-order valence-corrected chi connectivity index (χ1v) is 11.2. The second kappa shape index (κ2) is 12.0. The van der Waals surface area contributed by atoms with Gasteiger partial charge in [-0.3, -0.25) is 9.59 Å². The van der Waals surface area contributed by atoms with E-state index in [1.807, 2.05) is 0 Å². The number of imide groups is 1. The number of carbonyl (C=O) groups is 4. The molecule has 2 aromatic rings. The molecule has 0 saturated carbocycles. The van der Waals surface area contributed by atoms with Crippen LogP contribution >= 0.6 is 11.6 Å². The second-order valence-electron chi connectivity index (χ2n) is 7.26. The zero-order valence-corrected chi connectivity index (χ0v) is 20.2. The highest BCUT2D eigenvalue weighted by atomic mass is 35.5. The van der Waals surface area contributed by atoms with E-state index in [-0.39, 0.29) is 47.7 Å². The molecule has 12 heteroatoms. The molecule has 1 aliphatic rings. The van der Waals surface area contributed by atoms with Gasteiger partial charge in [0.2, 0.25) is 5.91 Å². The summed E-state index contributed by atoms with van der Waals surface area (Å²) in [5, 5.41) is 4.80. The van der Waals surface area contributed by atoms with E-state index in [2.05, 4.69) is 10.6 Å². The zero-order chi connectivity index (χ0) is 26.2. The van der Waals surface area contributed by atoms with Crippen molar-refractivity contribution in [2.24, 2.45) is 0 Å². The van der Waals surface area contributed by atoms with E-state index in [9.17, 15) is 23.6 Å². The number of anilines is 1. The highest BCUT2D eigenvalue weighted by molar-refractivity contribution is 6.32. The van der Waals surface area contributed by atoms with E-state index in [4.69, 9.17) is 25.8 Å². The van der Waals surface area contributed by atoms with E-state index in [1.54, 1.807) is 13.8 Å². The fourth-order valence-electron chi connectivity index (χ4n) is 3.19. The summed E-state index contributed by atoms with van der Waals surface area (Å²) in [5.41, 5.74) is 0.194. The SMILES string of the molecule is CCOC(=O)COc1c(Cl)cc(/C=C2/NC(=O)N(CC(=O)Nc3ccccc3F)C2=O)cc1OCC. The number of hydrogen-bond donors (Lipinski definition) is 2. The van der Waals surface area contributed by atoms with Gasteiger partial charge in [-0.25, -0.2) is 18.9 Å². The van der Waals surface area contributed by atoms with E-state index in [0.717, 1.165) is 0 Å². The summed E-state index contributed by atoms with van der Waals surface area (Å²) in [6.45, 7) is 2.85. The van der Waals surface area contributed by atoms with Gasteiger partial charge in [0, 0.05) is 0 Å². The Morgan fingerprint density at radius 3 is 2.58 bits per heavy atom. The van der Waals surface area contributed by atoms with Crippen LogP contribution in [0.4, 0.5) is 14.9 Å². The molecule has 190 valence electrons. The Morgan fingerprint density at radius 1 is 1.14 bits per heavy atom. The van der Waals surface area contributed by atoms with Gasteiger partial charge in [0.15, 0.2) is 18.1 Å². The first kappa shape index (κ1) is 26.5. The maximum atomic E-state index is 13.8. The van der Waals surface area contributed by atoms with E-state index in [0.29, 0.717) is 10.5 Å². The number of esters is 1. The summed E-state index contributed by atoms with van der Waals surface area (Å²) in [4.78, 5) is 49.6. The van der Waals surface area contributed by atoms with Gasteiger partial charge in [-0.1, -0.05) is 23.7 Å². The minimum Gasteiger partial charge on any atom is -0.490 e. The van der Waals surface area contributed by atoms with Gasteiger partial charge in [-0.15, -0.1) is 0 Å². The molecule has 0 radical (unpaired) electrons. The molecule has 0 unspecified atom stereocenters.